The summed E-state index contributed by atoms with van der Waals surface area (Å²) >= 11 is 0. The van der Waals surface area contributed by atoms with Crippen LogP contribution in [0.15, 0.2) is 30.3 Å². The summed E-state index contributed by atoms with van der Waals surface area (Å²) in [6.07, 6.45) is 2.05. The Bertz CT molecular complexity index is 484. The molecule has 0 atom stereocenters. The lowest BCUT2D eigenvalue weighted by Crippen LogP contribution is -2.42. The molecule has 1 fully saturated rings. The molecule has 0 bridgehead atoms. The molecule has 0 radical (unpaired) electrons. The number of benzene rings is 1. The smallest absolute Gasteiger partial charge is 0.214 e. The first-order chi connectivity index (χ1) is 9.68. The summed E-state index contributed by atoms with van der Waals surface area (Å²) in [5, 5.41) is 2.92. The van der Waals surface area contributed by atoms with Crippen LogP contribution in [0.25, 0.3) is 0 Å². The highest BCUT2D eigenvalue weighted by Gasteiger charge is 2.26. The fourth-order valence-corrected chi connectivity index (χ4v) is 3.74. The quantitative estimate of drug-likeness (QED) is 0.741. The summed E-state index contributed by atoms with van der Waals surface area (Å²) < 4.78 is 32.3. The first-order valence-corrected chi connectivity index (χ1v) is 8.60. The van der Waals surface area contributed by atoms with Crippen molar-refractivity contribution in [2.24, 2.45) is 0 Å². The third-order valence-electron chi connectivity index (χ3n) is 3.36. The largest absolute Gasteiger partial charge is 0.494 e. The molecule has 0 saturated carbocycles. The highest BCUT2D eigenvalue weighted by molar-refractivity contribution is 7.90. The second kappa shape index (κ2) is 7.61. The fourth-order valence-electron chi connectivity index (χ4n) is 2.22. The van der Waals surface area contributed by atoms with Crippen LogP contribution in [-0.2, 0) is 10.0 Å². The summed E-state index contributed by atoms with van der Waals surface area (Å²) in [4.78, 5) is 0. The first kappa shape index (κ1) is 15.3. The highest BCUT2D eigenvalue weighted by Crippen LogP contribution is 2.12. The molecule has 1 heterocycles. The minimum atomic E-state index is -3.17. The molecule has 1 aromatic rings. The standard InChI is InChI=1S/C14H22N2O3S/c17-20(18,14-7-10-15-11-8-14)16-9-4-12-19-13-5-2-1-3-6-13/h1-3,5-6,14-16H,4,7-12H2. The van der Waals surface area contributed by atoms with Crippen molar-refractivity contribution >= 4 is 10.0 Å². The zero-order chi connectivity index (χ0) is 14.3. The van der Waals surface area contributed by atoms with Gasteiger partial charge in [-0.15, -0.1) is 0 Å². The van der Waals surface area contributed by atoms with Gasteiger partial charge in [0.1, 0.15) is 5.75 Å². The van der Waals surface area contributed by atoms with Crippen molar-refractivity contribution in [1.82, 2.24) is 10.0 Å². The van der Waals surface area contributed by atoms with Crippen molar-refractivity contribution in [3.63, 3.8) is 0 Å². The molecule has 5 nitrogen and oxygen atoms in total. The molecule has 0 amide bonds. The maximum absolute atomic E-state index is 12.0. The Morgan fingerprint density at radius 1 is 1.20 bits per heavy atom. The van der Waals surface area contributed by atoms with Gasteiger partial charge < -0.3 is 10.1 Å². The Hall–Kier alpha value is -1.11. The molecule has 112 valence electrons. The molecule has 1 saturated heterocycles. The van der Waals surface area contributed by atoms with E-state index in [-0.39, 0.29) is 5.25 Å². The van der Waals surface area contributed by atoms with Crippen LogP contribution in [0.5, 0.6) is 5.75 Å². The van der Waals surface area contributed by atoms with E-state index in [1.807, 2.05) is 30.3 Å². The molecule has 0 aliphatic carbocycles. The molecule has 20 heavy (non-hydrogen) atoms. The van der Waals surface area contributed by atoms with Crippen LogP contribution in [-0.4, -0.2) is 39.9 Å². The van der Waals surface area contributed by atoms with Gasteiger partial charge in [-0.25, -0.2) is 13.1 Å². The third-order valence-corrected chi connectivity index (χ3v) is 5.32. The van der Waals surface area contributed by atoms with Crippen molar-refractivity contribution in [2.45, 2.75) is 24.5 Å². The third kappa shape index (κ3) is 4.77. The van der Waals surface area contributed by atoms with Gasteiger partial charge in [0.2, 0.25) is 10.0 Å². The fraction of sp³-hybridized carbons (Fsp3) is 0.571. The van der Waals surface area contributed by atoms with Crippen LogP contribution in [0.2, 0.25) is 0 Å². The lowest BCUT2D eigenvalue weighted by molar-refractivity contribution is 0.311. The van der Waals surface area contributed by atoms with E-state index in [2.05, 4.69) is 10.0 Å². The Morgan fingerprint density at radius 2 is 1.90 bits per heavy atom. The Kier molecular flexibility index (Phi) is 5.82. The average Bonchev–Trinajstić information content (AvgIpc) is 2.49. The van der Waals surface area contributed by atoms with Crippen molar-refractivity contribution < 1.29 is 13.2 Å². The molecule has 1 aliphatic heterocycles. The molecule has 1 aromatic carbocycles. The second-order valence-electron chi connectivity index (χ2n) is 4.90. The number of nitrogens with one attached hydrogen (secondary N) is 2. The van der Waals surface area contributed by atoms with E-state index in [4.69, 9.17) is 4.74 Å². The van der Waals surface area contributed by atoms with Gasteiger partial charge in [-0.3, -0.25) is 0 Å². The minimum absolute atomic E-state index is 0.251. The van der Waals surface area contributed by atoms with Crippen LogP contribution in [0.3, 0.4) is 0 Å². The Labute approximate surface area is 120 Å². The monoisotopic (exact) mass is 298 g/mol. The summed E-state index contributed by atoms with van der Waals surface area (Å²) in [5.74, 6) is 0.814. The molecule has 0 spiro atoms. The number of hydrogen-bond acceptors (Lipinski definition) is 4. The predicted octanol–water partition coefficient (Wildman–Crippen LogP) is 1.13. The van der Waals surface area contributed by atoms with Crippen molar-refractivity contribution in [3.8, 4) is 5.75 Å². The first-order valence-electron chi connectivity index (χ1n) is 7.05. The van der Waals surface area contributed by atoms with Gasteiger partial charge in [0.25, 0.3) is 0 Å². The summed E-state index contributed by atoms with van der Waals surface area (Å²) in [6, 6.07) is 9.53. The van der Waals surface area contributed by atoms with Gasteiger partial charge in [0, 0.05) is 6.54 Å². The molecule has 1 aliphatic rings. The average molecular weight is 298 g/mol. The predicted molar refractivity (Wildman–Crippen MR) is 79.4 cm³/mol. The van der Waals surface area contributed by atoms with Crippen LogP contribution in [0.1, 0.15) is 19.3 Å². The number of rotatable bonds is 7. The van der Waals surface area contributed by atoms with Gasteiger partial charge in [-0.1, -0.05) is 18.2 Å². The maximum atomic E-state index is 12.0. The van der Waals surface area contributed by atoms with Gasteiger partial charge in [0.15, 0.2) is 0 Å². The van der Waals surface area contributed by atoms with Crippen molar-refractivity contribution in [3.05, 3.63) is 30.3 Å². The van der Waals surface area contributed by atoms with Gasteiger partial charge in [-0.05, 0) is 44.5 Å². The second-order valence-corrected chi connectivity index (χ2v) is 6.95. The Balaban J connectivity index is 1.65. The molecule has 0 unspecified atom stereocenters. The van der Waals surface area contributed by atoms with Gasteiger partial charge >= 0.3 is 0 Å². The van der Waals surface area contributed by atoms with Crippen LogP contribution >= 0.6 is 0 Å². The van der Waals surface area contributed by atoms with Crippen molar-refractivity contribution in [1.29, 1.82) is 0 Å². The lowest BCUT2D eigenvalue weighted by atomic mass is 10.2. The molecule has 6 heteroatoms. The van der Waals surface area contributed by atoms with E-state index in [1.54, 1.807) is 0 Å². The van der Waals surface area contributed by atoms with Gasteiger partial charge in [0.05, 0.1) is 11.9 Å². The van der Waals surface area contributed by atoms with Crippen LogP contribution < -0.4 is 14.8 Å². The van der Waals surface area contributed by atoms with E-state index >= 15 is 0 Å². The SMILES string of the molecule is O=S(=O)(NCCCOc1ccccc1)C1CCNCC1. The van der Waals surface area contributed by atoms with Gasteiger partial charge in [-0.2, -0.15) is 0 Å². The summed E-state index contributed by atoms with van der Waals surface area (Å²) in [6.45, 7) is 2.50. The molecule has 2 N–H and O–H groups in total. The zero-order valence-electron chi connectivity index (χ0n) is 11.5. The number of para-hydroxylation sites is 1. The van der Waals surface area contributed by atoms with Crippen molar-refractivity contribution in [2.75, 3.05) is 26.2 Å². The highest BCUT2D eigenvalue weighted by atomic mass is 32.2. The Morgan fingerprint density at radius 3 is 2.60 bits per heavy atom. The van der Waals surface area contributed by atoms with Crippen LogP contribution in [0, 0.1) is 0 Å². The van der Waals surface area contributed by atoms with E-state index in [0.29, 0.717) is 32.4 Å². The van der Waals surface area contributed by atoms with E-state index in [1.165, 1.54) is 0 Å². The minimum Gasteiger partial charge on any atom is -0.494 e. The van der Waals surface area contributed by atoms with E-state index < -0.39 is 10.0 Å². The molecule has 0 aromatic heterocycles. The zero-order valence-corrected chi connectivity index (χ0v) is 12.4. The summed E-state index contributed by atoms with van der Waals surface area (Å²) in [7, 11) is -3.17. The maximum Gasteiger partial charge on any atom is 0.214 e. The number of ether oxygens (including phenoxy) is 1. The topological polar surface area (TPSA) is 67.4 Å². The summed E-state index contributed by atoms with van der Waals surface area (Å²) in [5.41, 5.74) is 0. The molecular formula is C14H22N2O3S. The number of piperidine rings is 1. The number of sulfonamides is 1. The normalized spacial score (nSPS) is 17.0. The molecular weight excluding hydrogens is 276 g/mol. The van der Waals surface area contributed by atoms with Crippen LogP contribution in [0.4, 0.5) is 0 Å². The molecule has 2 rings (SSSR count). The van der Waals surface area contributed by atoms with E-state index in [9.17, 15) is 8.42 Å². The lowest BCUT2D eigenvalue weighted by Gasteiger charge is -2.22. The van der Waals surface area contributed by atoms with E-state index in [0.717, 1.165) is 18.8 Å². The number of hydrogen-bond donors (Lipinski definition) is 2.